The van der Waals surface area contributed by atoms with E-state index in [0.29, 0.717) is 42.0 Å². The van der Waals surface area contributed by atoms with Gasteiger partial charge in [-0.1, -0.05) is 45.1 Å². The fourth-order valence-electron chi connectivity index (χ4n) is 3.99. The largest absolute Gasteiger partial charge is 0.504 e. The zero-order chi connectivity index (χ0) is 22.9. The maximum Gasteiger partial charge on any atom is 0.165 e. The van der Waals surface area contributed by atoms with Crippen LogP contribution in [0.5, 0.6) is 11.5 Å². The number of fused-ring (bicyclic) bond motifs is 1. The van der Waals surface area contributed by atoms with Crippen molar-refractivity contribution in [3.63, 3.8) is 0 Å². The minimum absolute atomic E-state index is 0.0159. The Balaban J connectivity index is 1.68. The number of anilines is 1. The summed E-state index contributed by atoms with van der Waals surface area (Å²) < 4.78 is 7.14. The molecule has 1 aromatic carbocycles. The highest BCUT2D eigenvalue weighted by atomic mass is 16.5. The third-order valence-electron chi connectivity index (χ3n) is 5.82. The Hall–Kier alpha value is -3.16. The Morgan fingerprint density at radius 3 is 2.78 bits per heavy atom. The molecule has 0 amide bonds. The van der Waals surface area contributed by atoms with Crippen molar-refractivity contribution in [3.05, 3.63) is 36.4 Å². The number of rotatable bonds is 13. The second-order valence-electron chi connectivity index (χ2n) is 8.19. The number of nitrogens with zero attached hydrogens (tertiary/aromatic N) is 4. The molecule has 0 radical (unpaired) electrons. The molecule has 8 heteroatoms. The number of phenols is 1. The third-order valence-corrected chi connectivity index (χ3v) is 5.82. The maximum atomic E-state index is 12.9. The van der Waals surface area contributed by atoms with E-state index >= 15 is 0 Å². The molecule has 2 heterocycles. The molecule has 0 fully saturated rings. The third kappa shape index (κ3) is 5.96. The highest BCUT2D eigenvalue weighted by Gasteiger charge is 2.20. The Morgan fingerprint density at radius 1 is 1.19 bits per heavy atom. The molecule has 0 saturated heterocycles. The number of aromatic hydroxyl groups is 1. The molecule has 8 nitrogen and oxygen atoms in total. The number of hydrogen-bond acceptors (Lipinski definition) is 7. The van der Waals surface area contributed by atoms with Gasteiger partial charge in [-0.2, -0.15) is 0 Å². The van der Waals surface area contributed by atoms with E-state index in [4.69, 9.17) is 10.5 Å². The fraction of sp³-hybridized carbons (Fsp3) is 0.500. The van der Waals surface area contributed by atoms with Crippen LogP contribution in [0, 0.1) is 0 Å². The van der Waals surface area contributed by atoms with Crippen LogP contribution in [-0.4, -0.2) is 37.5 Å². The van der Waals surface area contributed by atoms with Gasteiger partial charge < -0.3 is 20.1 Å². The lowest BCUT2D eigenvalue weighted by Gasteiger charge is -2.19. The molecular formula is C24H33N5O3. The summed E-state index contributed by atoms with van der Waals surface area (Å²) >= 11 is 0. The van der Waals surface area contributed by atoms with Crippen molar-refractivity contribution in [2.24, 2.45) is 0 Å². The highest BCUT2D eigenvalue weighted by molar-refractivity contribution is 5.82. The zero-order valence-electron chi connectivity index (χ0n) is 19.0. The van der Waals surface area contributed by atoms with Crippen LogP contribution in [-0.2, 0) is 11.2 Å². The first kappa shape index (κ1) is 23.5. The lowest BCUT2D eigenvalue weighted by atomic mass is 9.98. The lowest BCUT2D eigenvalue weighted by molar-refractivity contribution is -0.119. The van der Waals surface area contributed by atoms with Crippen LogP contribution < -0.4 is 10.5 Å². The summed E-state index contributed by atoms with van der Waals surface area (Å²) in [4.78, 5) is 25.7. The minimum Gasteiger partial charge on any atom is -0.504 e. The quantitative estimate of drug-likeness (QED) is 0.373. The number of aromatic nitrogens is 4. The van der Waals surface area contributed by atoms with Gasteiger partial charge in [-0.3, -0.25) is 4.79 Å². The number of Topliss-reactive ketones (excluding diaryl/α,β-unsaturated/α-hetero) is 1. The molecule has 1 atom stereocenters. The molecule has 3 N–H and O–H groups in total. The van der Waals surface area contributed by atoms with E-state index in [-0.39, 0.29) is 17.6 Å². The number of methoxy groups -OCH3 is 1. The maximum absolute atomic E-state index is 12.9. The molecule has 0 aliphatic carbocycles. The lowest BCUT2D eigenvalue weighted by Crippen LogP contribution is -2.15. The van der Waals surface area contributed by atoms with Crippen molar-refractivity contribution in [3.8, 4) is 11.5 Å². The number of ether oxygens (including phenoxy) is 1. The number of carbonyl (C=O) groups is 1. The predicted molar refractivity (Wildman–Crippen MR) is 125 cm³/mol. The SMILES string of the molecule is CCCCCCC[C@H](CC(=O)CCc1ccc(O)c(OC)c1)n1cnc2c(N)ncnc21. The first-order valence-corrected chi connectivity index (χ1v) is 11.3. The van der Waals surface area contributed by atoms with Crippen molar-refractivity contribution in [1.29, 1.82) is 0 Å². The van der Waals surface area contributed by atoms with Crippen molar-refractivity contribution in [1.82, 2.24) is 19.5 Å². The smallest absolute Gasteiger partial charge is 0.165 e. The Bertz CT molecular complexity index is 1030. The fourth-order valence-corrected chi connectivity index (χ4v) is 3.99. The summed E-state index contributed by atoms with van der Waals surface area (Å²) in [6.45, 7) is 2.20. The molecule has 0 unspecified atom stereocenters. The summed E-state index contributed by atoms with van der Waals surface area (Å²) in [7, 11) is 1.51. The number of aryl methyl sites for hydroxylation is 1. The van der Waals surface area contributed by atoms with Crippen molar-refractivity contribution in [2.75, 3.05) is 12.8 Å². The van der Waals surface area contributed by atoms with Crippen LogP contribution in [0.4, 0.5) is 5.82 Å². The van der Waals surface area contributed by atoms with Gasteiger partial charge in [0.2, 0.25) is 0 Å². The van der Waals surface area contributed by atoms with Gasteiger partial charge in [-0.25, -0.2) is 15.0 Å². The summed E-state index contributed by atoms with van der Waals surface area (Å²) in [6, 6.07) is 5.17. The van der Waals surface area contributed by atoms with Crippen LogP contribution >= 0.6 is 0 Å². The van der Waals surface area contributed by atoms with Crippen LogP contribution in [0.3, 0.4) is 0 Å². The molecule has 3 aromatic rings. The van der Waals surface area contributed by atoms with Gasteiger partial charge in [0.15, 0.2) is 23.0 Å². The summed E-state index contributed by atoms with van der Waals surface area (Å²) in [6.07, 6.45) is 11.3. The van der Waals surface area contributed by atoms with Crippen molar-refractivity contribution < 1.29 is 14.6 Å². The molecule has 0 bridgehead atoms. The Kier molecular flexibility index (Phi) is 8.41. The van der Waals surface area contributed by atoms with Crippen LogP contribution in [0.25, 0.3) is 11.2 Å². The number of unbranched alkanes of at least 4 members (excludes halogenated alkanes) is 4. The number of nitrogens with two attached hydrogens (primary N) is 1. The van der Waals surface area contributed by atoms with Gasteiger partial charge in [-0.05, 0) is 30.5 Å². The Labute approximate surface area is 188 Å². The number of carbonyl (C=O) groups excluding carboxylic acids is 1. The predicted octanol–water partition coefficient (Wildman–Crippen LogP) is 4.62. The van der Waals surface area contributed by atoms with Gasteiger partial charge in [0, 0.05) is 18.9 Å². The average Bonchev–Trinajstić information content (AvgIpc) is 3.23. The van der Waals surface area contributed by atoms with E-state index < -0.39 is 0 Å². The average molecular weight is 440 g/mol. The second kappa shape index (κ2) is 11.5. The molecule has 32 heavy (non-hydrogen) atoms. The van der Waals surface area contributed by atoms with Gasteiger partial charge >= 0.3 is 0 Å². The molecule has 0 aliphatic rings. The molecule has 0 saturated carbocycles. The molecular weight excluding hydrogens is 406 g/mol. The van der Waals surface area contributed by atoms with Gasteiger partial charge in [0.1, 0.15) is 17.6 Å². The van der Waals surface area contributed by atoms with Crippen molar-refractivity contribution >= 4 is 22.8 Å². The molecule has 0 aliphatic heterocycles. The van der Waals surface area contributed by atoms with Gasteiger partial charge in [-0.15, -0.1) is 0 Å². The summed E-state index contributed by atoms with van der Waals surface area (Å²) in [5, 5.41) is 9.76. The van der Waals surface area contributed by atoms with E-state index in [1.807, 2.05) is 10.6 Å². The molecule has 3 rings (SSSR count). The molecule has 2 aromatic heterocycles. The van der Waals surface area contributed by atoms with Crippen molar-refractivity contribution in [2.45, 2.75) is 70.8 Å². The van der Waals surface area contributed by atoms with Crippen LogP contribution in [0.1, 0.15) is 69.9 Å². The van der Waals surface area contributed by atoms with Gasteiger partial charge in [0.05, 0.1) is 13.4 Å². The van der Waals surface area contributed by atoms with Crippen LogP contribution in [0.2, 0.25) is 0 Å². The number of hydrogen-bond donors (Lipinski definition) is 2. The van der Waals surface area contributed by atoms with Gasteiger partial charge in [0.25, 0.3) is 0 Å². The van der Waals surface area contributed by atoms with E-state index in [1.165, 1.54) is 32.7 Å². The first-order chi connectivity index (χ1) is 15.5. The summed E-state index contributed by atoms with van der Waals surface area (Å²) in [5.74, 6) is 1.04. The number of imidazole rings is 1. The second-order valence-corrected chi connectivity index (χ2v) is 8.19. The number of benzene rings is 1. The summed E-state index contributed by atoms with van der Waals surface area (Å²) in [5.41, 5.74) is 8.16. The zero-order valence-corrected chi connectivity index (χ0v) is 19.0. The molecule has 0 spiro atoms. The number of nitrogen functional groups attached to an aromatic ring is 1. The minimum atomic E-state index is -0.0159. The highest BCUT2D eigenvalue weighted by Crippen LogP contribution is 2.28. The topological polar surface area (TPSA) is 116 Å². The van der Waals surface area contributed by atoms with Crippen LogP contribution in [0.15, 0.2) is 30.9 Å². The van der Waals surface area contributed by atoms with E-state index in [9.17, 15) is 9.90 Å². The van der Waals surface area contributed by atoms with E-state index in [1.54, 1.807) is 18.5 Å². The van der Waals surface area contributed by atoms with E-state index in [2.05, 4.69) is 21.9 Å². The standard InChI is InChI=1S/C24H33N5O3/c1-3-4-5-6-7-8-18(29-16-28-22-23(25)26-15-27-24(22)29)14-19(30)11-9-17-10-12-20(31)21(13-17)32-2/h10,12-13,15-16,18,31H,3-9,11,14H2,1-2H3,(H2,25,26,27)/t18-/m1/s1. The normalized spacial score (nSPS) is 12.2. The van der Waals surface area contributed by atoms with E-state index in [0.717, 1.165) is 24.8 Å². The number of phenolic OH excluding ortho intramolecular Hbond substituents is 1. The monoisotopic (exact) mass is 439 g/mol. The number of ketones is 1. The Morgan fingerprint density at radius 2 is 2.00 bits per heavy atom. The first-order valence-electron chi connectivity index (χ1n) is 11.3. The molecule has 172 valence electrons.